The quantitative estimate of drug-likeness (QED) is 0.156. The fourth-order valence-electron chi connectivity index (χ4n) is 4.16. The van der Waals surface area contributed by atoms with Gasteiger partial charge in [-0.3, -0.25) is 8.37 Å². The largest absolute Gasteiger partial charge is 1.00 e. The van der Waals surface area contributed by atoms with Crippen LogP contribution in [-0.4, -0.2) is 75.1 Å². The van der Waals surface area contributed by atoms with Gasteiger partial charge in [-0.2, -0.15) is 16.8 Å². The molecule has 0 aliphatic rings. The molecule has 0 radical (unpaired) electrons. The van der Waals surface area contributed by atoms with E-state index in [0.29, 0.717) is 10.2 Å². The predicted molar refractivity (Wildman–Crippen MR) is 202 cm³/mol. The number of methoxy groups -OCH3 is 3. The molecule has 0 heterocycles. The third-order valence-corrected chi connectivity index (χ3v) is 9.29. The van der Waals surface area contributed by atoms with Gasteiger partial charge in [-0.15, -0.1) is 0 Å². The molecule has 0 fully saturated rings. The molecule has 0 saturated heterocycles. The summed E-state index contributed by atoms with van der Waals surface area (Å²) < 4.78 is 81.7. The van der Waals surface area contributed by atoms with Gasteiger partial charge in [0, 0.05) is 17.3 Å². The smallest absolute Gasteiger partial charge is 0.872 e. The molecule has 0 aliphatic heterocycles. The molecule has 4 atom stereocenters. The van der Waals surface area contributed by atoms with Crippen molar-refractivity contribution in [3.05, 3.63) is 68.0 Å². The maximum absolute atomic E-state index is 10.8. The van der Waals surface area contributed by atoms with Crippen LogP contribution in [0.1, 0.15) is 40.5 Å². The molecule has 0 aromatic heterocycles. The number of hydrogen-bond acceptors (Lipinski definition) is 12. The topological polar surface area (TPSA) is 156 Å². The monoisotopic (exact) mass is 956 g/mol. The Labute approximate surface area is 349 Å². The van der Waals surface area contributed by atoms with Crippen LogP contribution in [0.4, 0.5) is 0 Å². The molecule has 3 aromatic carbocycles. The predicted octanol–water partition coefficient (Wildman–Crippen LogP) is 4.49. The third-order valence-electron chi connectivity index (χ3n) is 6.08. The molecular weight excluding hydrogens is 915 g/mol. The van der Waals surface area contributed by atoms with E-state index in [1.165, 1.54) is 19.9 Å². The first-order valence-electron chi connectivity index (χ1n) is 14.9. The van der Waals surface area contributed by atoms with Crippen LogP contribution in [-0.2, 0) is 28.6 Å². The van der Waals surface area contributed by atoms with Crippen molar-refractivity contribution in [1.29, 1.82) is 0 Å². The van der Waals surface area contributed by atoms with Crippen molar-refractivity contribution in [2.24, 2.45) is 0 Å². The standard InChI is InChI=1S/C19H22Br2O4.C7H7BrO2.C7H16O6S2.Na/c1-12(24-18-7-5-14(22-3)10-16(18)20)9-13(2)25-19-8-6-15(23-4)11-17(19)21;1-10-5-2-3-7(9)6(8)4-5;1-6(12-14(3,8)9)5-7(2)13-15(4,10)11;/h5-8,10-13H,9H2,1-4H3;2-4,9H,1H3;6-7H,5H2,1-4H3;/q;;;+1/p-1/t12-,13-;;6-,7+;/m0.../s1. The van der Waals surface area contributed by atoms with Crippen molar-refractivity contribution in [3.8, 4) is 34.5 Å². The minimum atomic E-state index is -3.52. The molecule has 18 heteroatoms. The Bertz CT molecular complexity index is 1620. The first-order valence-corrected chi connectivity index (χ1v) is 20.9. The molecule has 0 amide bonds. The Balaban J connectivity index is 0.000000816. The van der Waals surface area contributed by atoms with E-state index in [1.807, 2.05) is 50.2 Å². The Morgan fingerprint density at radius 3 is 1.18 bits per heavy atom. The van der Waals surface area contributed by atoms with Gasteiger partial charge in [0.1, 0.15) is 28.7 Å². The van der Waals surface area contributed by atoms with E-state index in [-0.39, 0.29) is 53.9 Å². The zero-order valence-electron chi connectivity index (χ0n) is 30.3. The van der Waals surface area contributed by atoms with Gasteiger partial charge < -0.3 is 28.8 Å². The van der Waals surface area contributed by atoms with E-state index in [2.05, 4.69) is 56.2 Å². The summed E-state index contributed by atoms with van der Waals surface area (Å²) in [7, 11) is -2.19. The van der Waals surface area contributed by atoms with Crippen molar-refractivity contribution in [2.45, 2.75) is 65.0 Å². The van der Waals surface area contributed by atoms with Gasteiger partial charge in [-0.1, -0.05) is 27.7 Å². The van der Waals surface area contributed by atoms with E-state index in [1.54, 1.807) is 33.5 Å². The summed E-state index contributed by atoms with van der Waals surface area (Å²) in [5.41, 5.74) is 0. The van der Waals surface area contributed by atoms with Crippen molar-refractivity contribution in [2.75, 3.05) is 33.8 Å². The zero-order valence-corrected chi connectivity index (χ0v) is 38.7. The van der Waals surface area contributed by atoms with Gasteiger partial charge in [-0.25, -0.2) is 0 Å². The third kappa shape index (κ3) is 21.9. The van der Waals surface area contributed by atoms with E-state index < -0.39 is 32.4 Å². The normalized spacial score (nSPS) is 13.3. The summed E-state index contributed by atoms with van der Waals surface area (Å²) in [5.74, 6) is 3.80. The van der Waals surface area contributed by atoms with Gasteiger partial charge in [0.25, 0.3) is 20.2 Å². The molecule has 282 valence electrons. The van der Waals surface area contributed by atoms with Gasteiger partial charge in [0.15, 0.2) is 0 Å². The summed E-state index contributed by atoms with van der Waals surface area (Å²) in [6.45, 7) is 7.12. The van der Waals surface area contributed by atoms with Crippen LogP contribution in [0.15, 0.2) is 68.0 Å². The molecule has 0 aliphatic carbocycles. The number of halogens is 3. The number of benzene rings is 3. The maximum Gasteiger partial charge on any atom is 1.00 e. The first kappa shape index (κ1) is 49.7. The Morgan fingerprint density at radius 1 is 0.569 bits per heavy atom. The average Bonchev–Trinajstić information content (AvgIpc) is 2.99. The van der Waals surface area contributed by atoms with Crippen molar-refractivity contribution >= 4 is 68.0 Å². The van der Waals surface area contributed by atoms with E-state index >= 15 is 0 Å². The Kier molecular flexibility index (Phi) is 23.6. The summed E-state index contributed by atoms with van der Waals surface area (Å²) in [6.07, 6.45) is 1.57. The van der Waals surface area contributed by atoms with E-state index in [0.717, 1.165) is 50.9 Å². The van der Waals surface area contributed by atoms with E-state index in [9.17, 15) is 21.9 Å². The fraction of sp³-hybridized carbons (Fsp3) is 0.455. The van der Waals surface area contributed by atoms with E-state index in [4.69, 9.17) is 23.7 Å². The Hall–Kier alpha value is -1.28. The number of ether oxygens (including phenoxy) is 5. The SMILES string of the molecule is COc1ccc(O[C@@H](C)C[C@H](C)Oc2ccc(OC)cc2Br)c(Br)c1.COc1ccc([O-])c(Br)c1.C[C@H](C[C@H](C)OS(C)(=O)=O)OS(C)(=O)=O.[Na+]. The minimum absolute atomic E-state index is 0. The first-order chi connectivity index (χ1) is 23.2. The molecular formula is C33H44Br3NaO12S2. The van der Waals surface area contributed by atoms with Crippen LogP contribution in [0, 0.1) is 0 Å². The van der Waals surface area contributed by atoms with Crippen molar-refractivity contribution in [3.63, 3.8) is 0 Å². The van der Waals surface area contributed by atoms with Crippen LogP contribution >= 0.6 is 47.8 Å². The summed E-state index contributed by atoms with van der Waals surface area (Å²) in [6, 6.07) is 16.0. The maximum atomic E-state index is 10.8. The molecule has 0 N–H and O–H groups in total. The van der Waals surface area contributed by atoms with Crippen LogP contribution < -0.4 is 58.3 Å². The zero-order chi connectivity index (χ0) is 38.2. The van der Waals surface area contributed by atoms with Crippen LogP contribution in [0.5, 0.6) is 34.5 Å². The average molecular weight is 960 g/mol. The summed E-state index contributed by atoms with van der Waals surface area (Å²) in [4.78, 5) is 0. The second kappa shape index (κ2) is 24.2. The van der Waals surface area contributed by atoms with Gasteiger partial charge >= 0.3 is 29.6 Å². The fourth-order valence-corrected chi connectivity index (χ4v) is 6.77. The van der Waals surface area contributed by atoms with Crippen molar-refractivity contribution < 1.29 is 83.5 Å². The summed E-state index contributed by atoms with van der Waals surface area (Å²) >= 11 is 10.1. The van der Waals surface area contributed by atoms with Gasteiger partial charge in [-0.05, 0) is 108 Å². The second-order valence-electron chi connectivity index (χ2n) is 10.9. The molecule has 0 spiro atoms. The molecule has 3 rings (SSSR count). The molecule has 0 bridgehead atoms. The van der Waals surface area contributed by atoms with Gasteiger partial charge in [0.2, 0.25) is 0 Å². The number of rotatable bonds is 15. The molecule has 12 nitrogen and oxygen atoms in total. The van der Waals surface area contributed by atoms with Crippen LogP contribution in [0.3, 0.4) is 0 Å². The van der Waals surface area contributed by atoms with Crippen LogP contribution in [0.2, 0.25) is 0 Å². The number of hydrogen-bond donors (Lipinski definition) is 0. The minimum Gasteiger partial charge on any atom is -0.872 e. The molecule has 0 saturated carbocycles. The van der Waals surface area contributed by atoms with Crippen molar-refractivity contribution in [1.82, 2.24) is 0 Å². The van der Waals surface area contributed by atoms with Gasteiger partial charge in [0.05, 0.1) is 67.2 Å². The Morgan fingerprint density at radius 2 is 0.882 bits per heavy atom. The summed E-state index contributed by atoms with van der Waals surface area (Å²) in [5, 5.41) is 10.8. The van der Waals surface area contributed by atoms with Crippen LogP contribution in [0.25, 0.3) is 0 Å². The molecule has 3 aromatic rings. The molecule has 0 unspecified atom stereocenters. The second-order valence-corrected chi connectivity index (χ2v) is 16.7. The molecule has 51 heavy (non-hydrogen) atoms.